The number of nitrogens with one attached hydrogen (secondary N) is 5. The molecule has 11 aromatic rings. The summed E-state index contributed by atoms with van der Waals surface area (Å²) in [6, 6.07) is 70.4. The molecule has 394 valence electrons. The molecule has 79 heavy (non-hydrogen) atoms. The zero-order valence-electron chi connectivity index (χ0n) is 42.4. The van der Waals surface area contributed by atoms with Gasteiger partial charge in [0, 0.05) is 98.3 Å². The first kappa shape index (κ1) is 53.1. The molecule has 14 rings (SSSR count). The predicted molar refractivity (Wildman–Crippen MR) is 335 cm³/mol. The second kappa shape index (κ2) is 23.3. The molecular weight excluding hydrogens is 1120 g/mol. The van der Waals surface area contributed by atoms with E-state index in [1.807, 2.05) is 66.7 Å². The van der Waals surface area contributed by atoms with Gasteiger partial charge in [-0.1, -0.05) is 166 Å². The molecule has 0 spiro atoms. The average Bonchev–Trinajstić information content (AvgIpc) is 4.22. The van der Waals surface area contributed by atoms with Gasteiger partial charge in [0.25, 0.3) is 0 Å². The Hall–Kier alpha value is -6.51. The molecule has 3 aliphatic heterocycles. The highest BCUT2D eigenvalue weighted by molar-refractivity contribution is 6.32. The van der Waals surface area contributed by atoms with Crippen LogP contribution in [0.1, 0.15) is 105 Å². The van der Waals surface area contributed by atoms with Gasteiger partial charge >= 0.3 is 0 Å². The number of hydrogen-bond donors (Lipinski definition) is 5. The molecule has 2 aromatic heterocycles. The van der Waals surface area contributed by atoms with Crippen molar-refractivity contribution in [1.82, 2.24) is 9.97 Å². The Morgan fingerprint density at radius 1 is 0.316 bits per heavy atom. The molecule has 5 nitrogen and oxygen atoms in total. The van der Waals surface area contributed by atoms with Crippen LogP contribution in [0.25, 0.3) is 21.8 Å². The van der Waals surface area contributed by atoms with E-state index in [0.29, 0.717) is 0 Å². The van der Waals surface area contributed by atoms with E-state index in [9.17, 15) is 0 Å². The lowest BCUT2D eigenvalue weighted by Gasteiger charge is -2.34. The second-order valence-electron chi connectivity index (χ2n) is 20.5. The van der Waals surface area contributed by atoms with Crippen LogP contribution in [0.4, 0.5) is 17.1 Å². The smallest absolute Gasteiger partial charge is 0.0672 e. The van der Waals surface area contributed by atoms with Gasteiger partial charge in [0.2, 0.25) is 0 Å². The monoisotopic (exact) mass is 1170 g/mol. The molecule has 6 atom stereocenters. The van der Waals surface area contributed by atoms with Crippen molar-refractivity contribution in [3.8, 4) is 0 Å². The van der Waals surface area contributed by atoms with E-state index in [1.54, 1.807) is 0 Å². The van der Waals surface area contributed by atoms with Crippen LogP contribution >= 0.6 is 81.2 Å². The zero-order chi connectivity index (χ0) is 54.1. The van der Waals surface area contributed by atoms with Crippen molar-refractivity contribution in [3.63, 3.8) is 0 Å². The molecule has 9 aromatic carbocycles. The lowest BCUT2D eigenvalue weighted by molar-refractivity contribution is 0.595. The van der Waals surface area contributed by atoms with Crippen LogP contribution < -0.4 is 16.0 Å². The van der Waals surface area contributed by atoms with Crippen molar-refractivity contribution in [2.45, 2.75) is 55.1 Å². The molecule has 0 unspecified atom stereocenters. The fourth-order valence-electron chi connectivity index (χ4n) is 11.7. The minimum Gasteiger partial charge on any atom is -0.378 e. The summed E-state index contributed by atoms with van der Waals surface area (Å²) in [5, 5.41) is 18.9. The van der Waals surface area contributed by atoms with E-state index in [2.05, 4.69) is 172 Å². The maximum Gasteiger partial charge on any atom is 0.0672 e. The number of para-hydroxylation sites is 2. The molecule has 0 amide bonds. The molecule has 5 heterocycles. The lowest BCUT2D eigenvalue weighted by Crippen LogP contribution is -2.22. The number of halogens is 7. The van der Waals surface area contributed by atoms with Crippen LogP contribution in [0.3, 0.4) is 0 Å². The summed E-state index contributed by atoms with van der Waals surface area (Å²) in [6.07, 6.45) is 4.97. The topological polar surface area (TPSA) is 67.7 Å². The summed E-state index contributed by atoms with van der Waals surface area (Å²) >= 11 is 43.2. The van der Waals surface area contributed by atoms with E-state index in [4.69, 9.17) is 81.2 Å². The van der Waals surface area contributed by atoms with Gasteiger partial charge in [0.15, 0.2) is 0 Å². The maximum atomic E-state index is 6.31. The highest BCUT2D eigenvalue weighted by Gasteiger charge is 2.33. The first-order valence-electron chi connectivity index (χ1n) is 26.3. The molecule has 0 saturated carbocycles. The van der Waals surface area contributed by atoms with E-state index in [0.717, 1.165) is 71.5 Å². The summed E-state index contributed by atoms with van der Waals surface area (Å²) in [7, 11) is 0. The number of aromatic nitrogens is 2. The van der Waals surface area contributed by atoms with Crippen LogP contribution in [-0.2, 0) is 0 Å². The molecule has 0 radical (unpaired) electrons. The fourth-order valence-corrected chi connectivity index (χ4v) is 12.8. The standard InChI is InChI=1S/2C23H18Cl2N2.C21H16Cl3N/c24-15-7-5-14(6-8-15)18-12-23(27-22-10-9-16(25)11-19(18)22)20-13-26-21-4-2-1-3-17(20)21;24-16-7-5-14(6-8-16)18-13-23(27-21-10-9-17(25)12-19(18)21)22-11-15-3-1-2-4-20(15)26-22;22-15-5-1-13(2-6-15)18-12-21(14-3-7-16(23)8-4-14)25-20-10-9-17(24)11-19(18)20/h1-11,13,18,23,26-27H,12H2;1-12,18,23,26-27H,13H2;1-11,18,21,25H,12H2/t2*18-,23+;18-,21+/m000/s1. The average molecular weight is 1180 g/mol. The molecular formula is C67H52Cl7N5. The lowest BCUT2D eigenvalue weighted by atomic mass is 9.80. The number of rotatable bonds is 6. The Kier molecular flexibility index (Phi) is 15.7. The fraction of sp³-hybridized carbons (Fsp3) is 0.134. The third kappa shape index (κ3) is 11.7. The Labute approximate surface area is 495 Å². The molecule has 12 heteroatoms. The molecule has 0 fully saturated rings. The Bertz CT molecular complexity index is 3890. The molecule has 3 aliphatic rings. The van der Waals surface area contributed by atoms with Gasteiger partial charge < -0.3 is 25.9 Å². The van der Waals surface area contributed by atoms with Crippen molar-refractivity contribution < 1.29 is 0 Å². The summed E-state index contributed by atoms with van der Waals surface area (Å²) < 4.78 is 0. The van der Waals surface area contributed by atoms with Crippen LogP contribution in [0.2, 0.25) is 35.2 Å². The summed E-state index contributed by atoms with van der Waals surface area (Å²) in [5.41, 5.74) is 16.9. The van der Waals surface area contributed by atoms with Gasteiger partial charge in [-0.15, -0.1) is 0 Å². The molecule has 0 bridgehead atoms. The number of fused-ring (bicyclic) bond motifs is 5. The zero-order valence-corrected chi connectivity index (χ0v) is 47.7. The van der Waals surface area contributed by atoms with Crippen molar-refractivity contribution in [3.05, 3.63) is 298 Å². The van der Waals surface area contributed by atoms with Crippen molar-refractivity contribution in [2.75, 3.05) is 16.0 Å². The van der Waals surface area contributed by atoms with Crippen LogP contribution in [-0.4, -0.2) is 9.97 Å². The number of aromatic amines is 2. The van der Waals surface area contributed by atoms with Crippen molar-refractivity contribution in [1.29, 1.82) is 0 Å². The minimum atomic E-state index is 0.201. The van der Waals surface area contributed by atoms with Gasteiger partial charge in [-0.2, -0.15) is 0 Å². The van der Waals surface area contributed by atoms with Gasteiger partial charge in [-0.05, 0) is 190 Å². The SMILES string of the molecule is Clc1ccc([C@@H]2C[C@H](c3c[nH]c4ccccc34)Nc3ccc(Cl)cc32)cc1.Clc1ccc([C@@H]2C[C@H](c3cc4ccccc4[nH]3)Nc3ccc(Cl)cc32)cc1.Clc1ccc([C@@H]2C[C@H](c3ccc(Cl)cc3)Nc3ccc(Cl)cc32)cc1. The normalized spacial score (nSPS) is 19.0. The summed E-state index contributed by atoms with van der Waals surface area (Å²) in [5.74, 6) is 0.775. The van der Waals surface area contributed by atoms with Crippen LogP contribution in [0.5, 0.6) is 0 Å². The summed E-state index contributed by atoms with van der Waals surface area (Å²) in [6.45, 7) is 0. The van der Waals surface area contributed by atoms with Gasteiger partial charge in [0.1, 0.15) is 0 Å². The Balaban J connectivity index is 0.000000118. The van der Waals surface area contributed by atoms with Crippen LogP contribution in [0, 0.1) is 0 Å². The Morgan fingerprint density at radius 2 is 0.696 bits per heavy atom. The number of benzene rings is 9. The van der Waals surface area contributed by atoms with E-state index >= 15 is 0 Å². The Morgan fingerprint density at radius 3 is 1.18 bits per heavy atom. The minimum absolute atomic E-state index is 0.201. The number of hydrogen-bond acceptors (Lipinski definition) is 3. The van der Waals surface area contributed by atoms with Gasteiger partial charge in [-0.25, -0.2) is 0 Å². The quantitative estimate of drug-likeness (QED) is 0.115. The van der Waals surface area contributed by atoms with E-state index in [1.165, 1.54) is 72.0 Å². The highest BCUT2D eigenvalue weighted by Crippen LogP contribution is 2.48. The van der Waals surface area contributed by atoms with Crippen molar-refractivity contribution in [2.24, 2.45) is 0 Å². The van der Waals surface area contributed by atoms with E-state index < -0.39 is 0 Å². The third-order valence-electron chi connectivity index (χ3n) is 15.6. The molecule has 0 aliphatic carbocycles. The number of anilines is 3. The second-order valence-corrected chi connectivity index (χ2v) is 23.5. The van der Waals surface area contributed by atoms with Crippen LogP contribution in [0.15, 0.2) is 212 Å². The highest BCUT2D eigenvalue weighted by atomic mass is 35.5. The molecule has 5 N–H and O–H groups in total. The molecule has 0 saturated heterocycles. The first-order chi connectivity index (χ1) is 38.5. The number of H-pyrrole nitrogens is 2. The largest absolute Gasteiger partial charge is 0.378 e. The summed E-state index contributed by atoms with van der Waals surface area (Å²) in [4.78, 5) is 6.98. The van der Waals surface area contributed by atoms with E-state index in [-0.39, 0.29) is 35.9 Å². The third-order valence-corrected chi connectivity index (χ3v) is 17.3. The van der Waals surface area contributed by atoms with Gasteiger partial charge in [-0.3, -0.25) is 0 Å². The van der Waals surface area contributed by atoms with Gasteiger partial charge in [0.05, 0.1) is 18.1 Å². The maximum absolute atomic E-state index is 6.31. The first-order valence-corrected chi connectivity index (χ1v) is 28.9. The predicted octanol–water partition coefficient (Wildman–Crippen LogP) is 21.7. The van der Waals surface area contributed by atoms with Crippen molar-refractivity contribution >= 4 is 120 Å².